The molecule has 3 aromatic rings. The Morgan fingerprint density at radius 1 is 0.839 bits per heavy atom. The Morgan fingerprint density at radius 2 is 1.58 bits per heavy atom. The van der Waals surface area contributed by atoms with Crippen LogP contribution in [0.3, 0.4) is 0 Å². The van der Waals surface area contributed by atoms with Gasteiger partial charge in [-0.05, 0) is 42.0 Å². The third-order valence-electron chi connectivity index (χ3n) is 5.44. The number of para-hydroxylation sites is 1. The number of methoxy groups -OCH3 is 2. The number of hydrogen-bond donors (Lipinski definition) is 0. The Kier molecular flexibility index (Phi) is 4.96. The first-order valence-corrected chi connectivity index (χ1v) is 10.3. The first-order chi connectivity index (χ1) is 15.2. The van der Waals surface area contributed by atoms with Gasteiger partial charge < -0.3 is 14.0 Å². The number of pyridine rings is 1. The lowest BCUT2D eigenvalue weighted by molar-refractivity contribution is 0.355. The van der Waals surface area contributed by atoms with E-state index in [1.54, 1.807) is 14.2 Å². The average molecular weight is 430 g/mol. The Morgan fingerprint density at radius 3 is 2.35 bits per heavy atom. The summed E-state index contributed by atoms with van der Waals surface area (Å²) in [6, 6.07) is 22.0. The van der Waals surface area contributed by atoms with Gasteiger partial charge in [0.2, 0.25) is 0 Å². The van der Waals surface area contributed by atoms with Crippen LogP contribution in [-0.4, -0.2) is 29.0 Å². The van der Waals surface area contributed by atoms with Gasteiger partial charge in [0.25, 0.3) is 0 Å². The molecule has 0 aliphatic carbocycles. The Balaban J connectivity index is 1.68. The van der Waals surface area contributed by atoms with Crippen molar-refractivity contribution in [3.8, 4) is 34.0 Å². The molecule has 0 radical (unpaired) electrons. The van der Waals surface area contributed by atoms with Crippen LogP contribution in [0.15, 0.2) is 72.9 Å². The maximum atomic E-state index is 6.07. The van der Waals surface area contributed by atoms with E-state index in [-0.39, 0.29) is 0 Å². The summed E-state index contributed by atoms with van der Waals surface area (Å²) in [7, 11) is 3.26. The van der Waals surface area contributed by atoms with Crippen molar-refractivity contribution < 1.29 is 9.47 Å². The molecule has 0 fully saturated rings. The van der Waals surface area contributed by atoms with Crippen LogP contribution in [0.25, 0.3) is 33.4 Å². The van der Waals surface area contributed by atoms with E-state index in [0.29, 0.717) is 18.0 Å². The number of rotatable bonds is 5. The molecule has 0 N–H and O–H groups in total. The first kappa shape index (κ1) is 19.4. The van der Waals surface area contributed by atoms with E-state index in [2.05, 4.69) is 33.1 Å². The van der Waals surface area contributed by atoms with Gasteiger partial charge in [0, 0.05) is 34.3 Å². The van der Waals surface area contributed by atoms with Crippen LogP contribution in [0.5, 0.6) is 11.5 Å². The maximum absolute atomic E-state index is 6.07. The predicted octanol–water partition coefficient (Wildman–Crippen LogP) is 5.92. The lowest BCUT2D eigenvalue weighted by atomic mass is 10.0. The number of ether oxygens (including phenoxy) is 2. The standard InChI is InChI=1S/C25H20ClN3O2/c1-30-22-12-9-17(13-23(22)31-2)24-20-15-29(14-16-7-10-18(26)11-8-16)21-6-4-3-5-19(21)25(20)28-27-24/h3-13,15H,14H2,1-2H3. The lowest BCUT2D eigenvalue weighted by Crippen LogP contribution is -2.04. The summed E-state index contributed by atoms with van der Waals surface area (Å²) in [4.78, 5) is 0. The fourth-order valence-electron chi connectivity index (χ4n) is 3.90. The van der Waals surface area contributed by atoms with Crippen LogP contribution in [0.4, 0.5) is 0 Å². The van der Waals surface area contributed by atoms with Crippen LogP contribution in [0, 0.1) is 0 Å². The predicted molar refractivity (Wildman–Crippen MR) is 123 cm³/mol. The minimum atomic E-state index is 0.658. The van der Waals surface area contributed by atoms with E-state index in [9.17, 15) is 0 Å². The zero-order valence-electron chi connectivity index (χ0n) is 17.2. The maximum Gasteiger partial charge on any atom is 0.161 e. The SMILES string of the molecule is COc1ccc(-c2nnc3c4ccccc4n(Cc4ccc(Cl)cc4)cc2-3)cc1OC. The van der Waals surface area contributed by atoms with Crippen LogP contribution in [-0.2, 0) is 6.54 Å². The molecule has 0 saturated carbocycles. The van der Waals surface area contributed by atoms with Crippen molar-refractivity contribution in [3.05, 3.63) is 83.5 Å². The van der Waals surface area contributed by atoms with Gasteiger partial charge in [-0.3, -0.25) is 0 Å². The van der Waals surface area contributed by atoms with E-state index in [1.807, 2.05) is 54.6 Å². The quantitative estimate of drug-likeness (QED) is 0.348. The van der Waals surface area contributed by atoms with Crippen molar-refractivity contribution in [2.75, 3.05) is 14.2 Å². The van der Waals surface area contributed by atoms with Crippen LogP contribution < -0.4 is 9.47 Å². The second-order valence-electron chi connectivity index (χ2n) is 7.28. The van der Waals surface area contributed by atoms with Gasteiger partial charge in [-0.25, -0.2) is 0 Å². The number of benzene rings is 3. The number of hydrogen-bond acceptors (Lipinski definition) is 4. The van der Waals surface area contributed by atoms with Crippen LogP contribution in [0.2, 0.25) is 5.02 Å². The molecule has 5 nitrogen and oxygen atoms in total. The Hall–Kier alpha value is -3.57. The van der Waals surface area contributed by atoms with Crippen molar-refractivity contribution in [1.29, 1.82) is 0 Å². The highest BCUT2D eigenvalue weighted by Gasteiger charge is 2.21. The number of nitrogens with zero attached hydrogens (tertiary/aromatic N) is 3. The van der Waals surface area contributed by atoms with Gasteiger partial charge in [-0.15, -0.1) is 10.2 Å². The third kappa shape index (κ3) is 3.47. The molecule has 154 valence electrons. The summed E-state index contributed by atoms with van der Waals surface area (Å²) >= 11 is 6.07. The average Bonchev–Trinajstić information content (AvgIpc) is 3.24. The number of fused-ring (bicyclic) bond motifs is 3. The summed E-state index contributed by atoms with van der Waals surface area (Å²) in [5.74, 6) is 1.34. The monoisotopic (exact) mass is 429 g/mol. The van der Waals surface area contributed by atoms with Gasteiger partial charge >= 0.3 is 0 Å². The highest BCUT2D eigenvalue weighted by molar-refractivity contribution is 6.30. The van der Waals surface area contributed by atoms with Crippen molar-refractivity contribution in [2.24, 2.45) is 0 Å². The largest absolute Gasteiger partial charge is 0.493 e. The van der Waals surface area contributed by atoms with Gasteiger partial charge in [0.15, 0.2) is 11.5 Å². The summed E-state index contributed by atoms with van der Waals surface area (Å²) in [5, 5.41) is 10.9. The molecule has 0 atom stereocenters. The molecule has 6 heteroatoms. The zero-order valence-corrected chi connectivity index (χ0v) is 17.9. The number of halogens is 1. The molecule has 0 saturated heterocycles. The van der Waals surface area contributed by atoms with E-state index in [4.69, 9.17) is 21.1 Å². The minimum Gasteiger partial charge on any atom is -0.493 e. The molecule has 2 aliphatic heterocycles. The lowest BCUT2D eigenvalue weighted by Gasteiger charge is -2.15. The van der Waals surface area contributed by atoms with Crippen LogP contribution in [0.1, 0.15) is 5.56 Å². The topological polar surface area (TPSA) is 49.2 Å². The van der Waals surface area contributed by atoms with E-state index < -0.39 is 0 Å². The molecule has 3 aromatic carbocycles. The summed E-state index contributed by atoms with van der Waals surface area (Å²) in [6.45, 7) is 0.712. The fourth-order valence-corrected chi connectivity index (χ4v) is 4.03. The summed E-state index contributed by atoms with van der Waals surface area (Å²) in [6.07, 6.45) is 2.12. The van der Waals surface area contributed by atoms with Crippen molar-refractivity contribution in [3.63, 3.8) is 0 Å². The molecule has 0 bridgehead atoms. The molecular formula is C25H20ClN3O2. The molecule has 31 heavy (non-hydrogen) atoms. The molecule has 2 heterocycles. The molecule has 0 amide bonds. The first-order valence-electron chi connectivity index (χ1n) is 9.89. The van der Waals surface area contributed by atoms with Gasteiger partial charge in [0.05, 0.1) is 19.7 Å². The highest BCUT2D eigenvalue weighted by Crippen LogP contribution is 2.39. The smallest absolute Gasteiger partial charge is 0.161 e. The zero-order chi connectivity index (χ0) is 21.4. The molecule has 2 aliphatic rings. The van der Waals surface area contributed by atoms with Gasteiger partial charge in [0.1, 0.15) is 11.4 Å². The normalized spacial score (nSPS) is 11.2. The minimum absolute atomic E-state index is 0.658. The summed E-state index contributed by atoms with van der Waals surface area (Å²) < 4.78 is 13.1. The molecular weight excluding hydrogens is 410 g/mol. The summed E-state index contributed by atoms with van der Waals surface area (Å²) in [5.41, 5.74) is 5.87. The van der Waals surface area contributed by atoms with Gasteiger partial charge in [-0.2, -0.15) is 0 Å². The molecule has 5 rings (SSSR count). The van der Waals surface area contributed by atoms with Crippen molar-refractivity contribution in [2.45, 2.75) is 6.54 Å². The fraction of sp³-hybridized carbons (Fsp3) is 0.120. The highest BCUT2D eigenvalue weighted by atomic mass is 35.5. The third-order valence-corrected chi connectivity index (χ3v) is 5.69. The number of aromatic nitrogens is 3. The van der Waals surface area contributed by atoms with E-state index in [1.165, 1.54) is 5.56 Å². The van der Waals surface area contributed by atoms with E-state index in [0.717, 1.165) is 38.4 Å². The van der Waals surface area contributed by atoms with Crippen molar-refractivity contribution >= 4 is 22.5 Å². The van der Waals surface area contributed by atoms with Gasteiger partial charge in [-0.1, -0.05) is 41.9 Å². The Bertz CT molecular complexity index is 1350. The van der Waals surface area contributed by atoms with E-state index >= 15 is 0 Å². The second-order valence-corrected chi connectivity index (χ2v) is 7.72. The molecule has 0 aromatic heterocycles. The van der Waals surface area contributed by atoms with Crippen molar-refractivity contribution in [1.82, 2.24) is 14.8 Å². The molecule has 0 spiro atoms. The molecule has 0 unspecified atom stereocenters. The second kappa shape index (κ2) is 7.93. The van der Waals surface area contributed by atoms with Crippen LogP contribution >= 0.6 is 11.6 Å². The Labute approximate surface area is 185 Å².